The number of rotatable bonds is 5. The Morgan fingerprint density at radius 3 is 2.80 bits per heavy atom. The molecule has 1 atom stereocenters. The lowest BCUT2D eigenvalue weighted by molar-refractivity contribution is 0.0960. The van der Waals surface area contributed by atoms with Crippen molar-refractivity contribution in [1.82, 2.24) is 29.4 Å². The number of hydrogen-bond acceptors (Lipinski definition) is 7. The molecule has 1 saturated heterocycles. The third kappa shape index (κ3) is 3.14. The zero-order valence-electron chi connectivity index (χ0n) is 16.3. The highest BCUT2D eigenvalue weighted by atomic mass is 19.1. The van der Waals surface area contributed by atoms with Gasteiger partial charge in [0.25, 0.3) is 5.56 Å². The molecule has 0 N–H and O–H groups in total. The van der Waals surface area contributed by atoms with Crippen LogP contribution in [0.3, 0.4) is 0 Å². The van der Waals surface area contributed by atoms with E-state index in [1.54, 1.807) is 19.2 Å². The molecule has 0 radical (unpaired) electrons. The minimum absolute atomic E-state index is 0.00160. The Hall–Kier alpha value is -3.24. The maximum atomic E-state index is 13.4. The molecule has 0 spiro atoms. The van der Waals surface area contributed by atoms with Gasteiger partial charge >= 0.3 is 0 Å². The van der Waals surface area contributed by atoms with E-state index in [1.165, 1.54) is 27.5 Å². The average molecular weight is 410 g/mol. The van der Waals surface area contributed by atoms with Crippen molar-refractivity contribution in [3.05, 3.63) is 52.5 Å². The second kappa shape index (κ2) is 7.54. The van der Waals surface area contributed by atoms with Crippen molar-refractivity contribution in [2.24, 2.45) is 0 Å². The van der Waals surface area contributed by atoms with E-state index in [0.717, 1.165) is 18.4 Å². The first kappa shape index (κ1) is 18.8. The van der Waals surface area contributed by atoms with Crippen LogP contribution in [0.4, 0.5) is 4.39 Å². The Labute approximate surface area is 170 Å². The fourth-order valence-electron chi connectivity index (χ4n) is 3.79. The second-order valence-corrected chi connectivity index (χ2v) is 7.21. The third-order valence-electron chi connectivity index (χ3n) is 5.21. The maximum Gasteiger partial charge on any atom is 0.283 e. The Balaban J connectivity index is 1.68. The first-order chi connectivity index (χ1) is 14.7. The van der Waals surface area contributed by atoms with Crippen molar-refractivity contribution in [1.29, 1.82) is 0 Å². The summed E-state index contributed by atoms with van der Waals surface area (Å²) in [5, 5.41) is 13.0. The lowest BCUT2D eigenvalue weighted by Crippen LogP contribution is -2.28. The van der Waals surface area contributed by atoms with Crippen molar-refractivity contribution >= 4 is 16.8 Å². The van der Waals surface area contributed by atoms with Gasteiger partial charge in [0.15, 0.2) is 16.8 Å². The lowest BCUT2D eigenvalue weighted by Gasteiger charge is -2.11. The standard InChI is InChI=1S/C20H19FN6O3/c1-29-10-15-16(12-4-6-13(21)7-5-12)18-24-23-17-19(27(18)25-15)22-11-26(20(17)28)9-14-3-2-8-30-14/h4-7,11,14H,2-3,8-10H2,1H3. The van der Waals surface area contributed by atoms with Crippen LogP contribution in [0.1, 0.15) is 18.5 Å². The van der Waals surface area contributed by atoms with Crippen molar-refractivity contribution in [2.75, 3.05) is 13.7 Å². The van der Waals surface area contributed by atoms with E-state index >= 15 is 0 Å². The molecule has 3 aromatic heterocycles. The van der Waals surface area contributed by atoms with Crippen molar-refractivity contribution in [2.45, 2.75) is 32.1 Å². The molecule has 1 fully saturated rings. The van der Waals surface area contributed by atoms with Crippen LogP contribution in [0.5, 0.6) is 0 Å². The predicted molar refractivity (Wildman–Crippen MR) is 105 cm³/mol. The summed E-state index contributed by atoms with van der Waals surface area (Å²) < 4.78 is 27.3. The molecule has 0 saturated carbocycles. The quantitative estimate of drug-likeness (QED) is 0.496. The van der Waals surface area contributed by atoms with Gasteiger partial charge in [-0.2, -0.15) is 9.61 Å². The molecule has 0 bridgehead atoms. The molecule has 0 aliphatic carbocycles. The van der Waals surface area contributed by atoms with Gasteiger partial charge < -0.3 is 9.47 Å². The Morgan fingerprint density at radius 2 is 2.07 bits per heavy atom. The van der Waals surface area contributed by atoms with Gasteiger partial charge in [-0.25, -0.2) is 9.37 Å². The molecule has 1 unspecified atom stereocenters. The molecule has 4 aromatic rings. The molecular weight excluding hydrogens is 391 g/mol. The summed E-state index contributed by atoms with van der Waals surface area (Å²) in [7, 11) is 1.56. The number of nitrogens with zero attached hydrogens (tertiary/aromatic N) is 6. The van der Waals surface area contributed by atoms with Crippen molar-refractivity contribution in [3.63, 3.8) is 0 Å². The van der Waals surface area contributed by atoms with E-state index < -0.39 is 0 Å². The number of halogens is 1. The highest BCUT2D eigenvalue weighted by Crippen LogP contribution is 2.29. The zero-order valence-corrected chi connectivity index (χ0v) is 16.3. The first-order valence-corrected chi connectivity index (χ1v) is 9.65. The zero-order chi connectivity index (χ0) is 20.7. The topological polar surface area (TPSA) is 96.4 Å². The number of methoxy groups -OCH3 is 1. The van der Waals surface area contributed by atoms with E-state index in [1.807, 2.05) is 0 Å². The smallest absolute Gasteiger partial charge is 0.283 e. The minimum Gasteiger partial charge on any atom is -0.378 e. The molecule has 1 aliphatic heterocycles. The average Bonchev–Trinajstić information content (AvgIpc) is 3.39. The summed E-state index contributed by atoms with van der Waals surface area (Å²) in [6.45, 7) is 1.35. The highest BCUT2D eigenvalue weighted by Gasteiger charge is 2.22. The van der Waals surface area contributed by atoms with Gasteiger partial charge in [-0.15, -0.1) is 10.2 Å². The summed E-state index contributed by atoms with van der Waals surface area (Å²) >= 11 is 0. The molecule has 10 heteroatoms. The number of hydrogen-bond donors (Lipinski definition) is 0. The summed E-state index contributed by atoms with van der Waals surface area (Å²) in [5.41, 5.74) is 2.54. The van der Waals surface area contributed by atoms with Crippen LogP contribution in [0.25, 0.3) is 27.9 Å². The fraction of sp³-hybridized carbons (Fsp3) is 0.350. The summed E-state index contributed by atoms with van der Waals surface area (Å²) in [6, 6.07) is 6.02. The van der Waals surface area contributed by atoms with Gasteiger partial charge in [-0.1, -0.05) is 12.1 Å². The fourth-order valence-corrected chi connectivity index (χ4v) is 3.79. The van der Waals surface area contributed by atoms with Crippen LogP contribution in [0, 0.1) is 5.82 Å². The number of aromatic nitrogens is 6. The largest absolute Gasteiger partial charge is 0.378 e. The van der Waals surface area contributed by atoms with Crippen molar-refractivity contribution in [3.8, 4) is 11.1 Å². The van der Waals surface area contributed by atoms with Crippen molar-refractivity contribution < 1.29 is 13.9 Å². The third-order valence-corrected chi connectivity index (χ3v) is 5.21. The summed E-state index contributed by atoms with van der Waals surface area (Å²) in [6.07, 6.45) is 3.39. The highest BCUT2D eigenvalue weighted by molar-refractivity contribution is 5.83. The molecule has 1 aromatic carbocycles. The Bertz CT molecular complexity index is 1280. The van der Waals surface area contributed by atoms with E-state index in [4.69, 9.17) is 9.47 Å². The van der Waals surface area contributed by atoms with Crippen LogP contribution < -0.4 is 5.56 Å². The Kier molecular flexibility index (Phi) is 4.72. The van der Waals surface area contributed by atoms with Crippen LogP contribution >= 0.6 is 0 Å². The summed E-state index contributed by atoms with van der Waals surface area (Å²) in [5.74, 6) is -0.339. The van der Waals surface area contributed by atoms with Gasteiger partial charge in [0.2, 0.25) is 0 Å². The van der Waals surface area contributed by atoms with E-state index in [9.17, 15) is 9.18 Å². The molecule has 1 aliphatic rings. The Morgan fingerprint density at radius 1 is 1.23 bits per heavy atom. The molecule has 9 nitrogen and oxygen atoms in total. The van der Waals surface area contributed by atoms with Crippen LogP contribution in [0.2, 0.25) is 0 Å². The van der Waals surface area contributed by atoms with Crippen LogP contribution in [-0.4, -0.2) is 49.2 Å². The second-order valence-electron chi connectivity index (χ2n) is 7.21. The summed E-state index contributed by atoms with van der Waals surface area (Å²) in [4.78, 5) is 17.4. The predicted octanol–water partition coefficient (Wildman–Crippen LogP) is 1.97. The number of fused-ring (bicyclic) bond motifs is 3. The molecule has 4 heterocycles. The first-order valence-electron chi connectivity index (χ1n) is 9.65. The van der Waals surface area contributed by atoms with Gasteiger partial charge in [0.1, 0.15) is 12.1 Å². The molecular formula is C20H19FN6O3. The molecule has 30 heavy (non-hydrogen) atoms. The maximum absolute atomic E-state index is 13.4. The minimum atomic E-state index is -0.339. The van der Waals surface area contributed by atoms with Gasteiger partial charge in [-0.05, 0) is 30.5 Å². The normalized spacial score (nSPS) is 16.7. The van der Waals surface area contributed by atoms with Crippen LogP contribution in [0.15, 0.2) is 35.4 Å². The van der Waals surface area contributed by atoms with E-state index in [2.05, 4.69) is 20.3 Å². The molecule has 0 amide bonds. The van der Waals surface area contributed by atoms with Gasteiger partial charge in [-0.3, -0.25) is 9.36 Å². The number of ether oxygens (including phenoxy) is 2. The number of benzene rings is 1. The van der Waals surface area contributed by atoms with E-state index in [0.29, 0.717) is 35.7 Å². The lowest BCUT2D eigenvalue weighted by atomic mass is 10.1. The monoisotopic (exact) mass is 410 g/mol. The van der Waals surface area contributed by atoms with Gasteiger partial charge in [0, 0.05) is 13.7 Å². The van der Waals surface area contributed by atoms with Gasteiger partial charge in [0.05, 0.1) is 30.5 Å². The van der Waals surface area contributed by atoms with Crippen LogP contribution in [-0.2, 0) is 22.6 Å². The SMILES string of the molecule is COCc1nn2c(nnc3c(=O)n(CC4CCCO4)cnc32)c1-c1ccc(F)cc1. The molecule has 5 rings (SSSR count). The van der Waals surface area contributed by atoms with E-state index in [-0.39, 0.29) is 29.6 Å². The molecule has 154 valence electrons.